The third kappa shape index (κ3) is 2.25. The molecule has 0 atom stereocenters. The Bertz CT molecular complexity index is 912. The molecule has 2 aromatic heterocycles. The van der Waals surface area contributed by atoms with Crippen molar-refractivity contribution in [2.45, 2.75) is 32.6 Å². The molecule has 0 aliphatic heterocycles. The molecule has 1 aliphatic rings. The maximum absolute atomic E-state index is 11.9. The molecule has 4 heteroatoms. The monoisotopic (exact) mass is 322 g/mol. The van der Waals surface area contributed by atoms with Crippen LogP contribution in [-0.2, 0) is 12.8 Å². The van der Waals surface area contributed by atoms with Crippen molar-refractivity contribution >= 4 is 33.0 Å². The van der Waals surface area contributed by atoms with Gasteiger partial charge in [-0.05, 0) is 42.4 Å². The lowest BCUT2D eigenvalue weighted by Gasteiger charge is -2.20. The molecule has 0 fully saturated rings. The van der Waals surface area contributed by atoms with Gasteiger partial charge in [0.05, 0.1) is 10.6 Å². The molecule has 4 rings (SSSR count). The smallest absolute Gasteiger partial charge is 0.171 e. The molecule has 3 nitrogen and oxygen atoms in total. The average Bonchev–Trinajstić information content (AvgIpc) is 2.90. The summed E-state index contributed by atoms with van der Waals surface area (Å²) in [7, 11) is 0. The number of hydrogen-bond acceptors (Lipinski definition) is 4. The van der Waals surface area contributed by atoms with Crippen LogP contribution >= 0.6 is 11.3 Å². The number of nitrogen functional groups attached to an aromatic ring is 1. The molecule has 0 unspecified atom stereocenters. The largest absolute Gasteiger partial charge is 0.397 e. The average molecular weight is 322 g/mol. The van der Waals surface area contributed by atoms with E-state index in [1.807, 2.05) is 18.2 Å². The zero-order chi connectivity index (χ0) is 16.0. The Labute approximate surface area is 139 Å². The van der Waals surface area contributed by atoms with Gasteiger partial charge in [-0.25, -0.2) is 4.98 Å². The number of Topliss-reactive ketones (excluding diaryl/α,β-unsaturated/α-hetero) is 1. The van der Waals surface area contributed by atoms with Crippen LogP contribution in [0.25, 0.3) is 21.3 Å². The van der Waals surface area contributed by atoms with Crippen LogP contribution in [-0.4, -0.2) is 10.8 Å². The third-order valence-corrected chi connectivity index (χ3v) is 5.74. The number of aromatic nitrogens is 1. The Balaban J connectivity index is 2.13. The molecule has 0 spiro atoms. The number of ketones is 1. The topological polar surface area (TPSA) is 56.0 Å². The summed E-state index contributed by atoms with van der Waals surface area (Å²) in [6.45, 7) is 1.57. The fourth-order valence-electron chi connectivity index (χ4n) is 3.49. The zero-order valence-corrected chi connectivity index (χ0v) is 13.9. The molecule has 0 bridgehead atoms. The minimum absolute atomic E-state index is 0.0162. The molecule has 0 saturated carbocycles. The number of thiophene rings is 1. The molecule has 1 aliphatic carbocycles. The van der Waals surface area contributed by atoms with E-state index in [4.69, 9.17) is 10.7 Å². The summed E-state index contributed by atoms with van der Waals surface area (Å²) >= 11 is 1.43. The molecule has 3 aromatic rings. The van der Waals surface area contributed by atoms with E-state index in [1.54, 1.807) is 6.92 Å². The van der Waals surface area contributed by atoms with Gasteiger partial charge in [-0.2, -0.15) is 0 Å². The van der Waals surface area contributed by atoms with Gasteiger partial charge in [-0.15, -0.1) is 11.3 Å². The Kier molecular flexibility index (Phi) is 3.42. The van der Waals surface area contributed by atoms with Crippen LogP contribution < -0.4 is 5.73 Å². The second-order valence-corrected chi connectivity index (χ2v) is 7.07. The molecule has 0 saturated heterocycles. The first-order chi connectivity index (χ1) is 11.2. The van der Waals surface area contributed by atoms with Crippen molar-refractivity contribution in [1.82, 2.24) is 4.98 Å². The van der Waals surface area contributed by atoms with Crippen molar-refractivity contribution in [3.05, 3.63) is 46.5 Å². The number of carbonyl (C=O) groups is 1. The quantitative estimate of drug-likeness (QED) is 0.700. The van der Waals surface area contributed by atoms with Crippen LogP contribution in [0, 0.1) is 0 Å². The van der Waals surface area contributed by atoms with E-state index >= 15 is 0 Å². The third-order valence-electron chi connectivity index (χ3n) is 4.54. The minimum atomic E-state index is 0.0162. The number of anilines is 1. The number of hydrogen-bond donors (Lipinski definition) is 1. The van der Waals surface area contributed by atoms with E-state index in [0.717, 1.165) is 28.6 Å². The summed E-state index contributed by atoms with van der Waals surface area (Å²) < 4.78 is 0. The highest BCUT2D eigenvalue weighted by molar-refractivity contribution is 7.21. The van der Waals surface area contributed by atoms with Gasteiger partial charge in [0.15, 0.2) is 5.78 Å². The molecule has 1 aromatic carbocycles. The Morgan fingerprint density at radius 1 is 1.17 bits per heavy atom. The molecular weight excluding hydrogens is 304 g/mol. The first-order valence-electron chi connectivity index (χ1n) is 7.97. The Hall–Kier alpha value is -2.20. The number of nitrogens with zero attached hydrogens (tertiary/aromatic N) is 1. The number of benzene rings is 1. The van der Waals surface area contributed by atoms with Crippen LogP contribution in [0.5, 0.6) is 0 Å². The minimum Gasteiger partial charge on any atom is -0.397 e. The van der Waals surface area contributed by atoms with E-state index < -0.39 is 0 Å². The summed E-state index contributed by atoms with van der Waals surface area (Å²) in [6.07, 6.45) is 4.41. The van der Waals surface area contributed by atoms with Crippen LogP contribution in [0.1, 0.15) is 40.7 Å². The second-order valence-electron chi connectivity index (χ2n) is 6.07. The summed E-state index contributed by atoms with van der Waals surface area (Å²) in [4.78, 5) is 18.3. The van der Waals surface area contributed by atoms with Gasteiger partial charge >= 0.3 is 0 Å². The van der Waals surface area contributed by atoms with Gasteiger partial charge in [0.25, 0.3) is 0 Å². The molecular formula is C19H18N2OS. The molecule has 0 amide bonds. The van der Waals surface area contributed by atoms with Gasteiger partial charge in [0, 0.05) is 18.0 Å². The molecule has 116 valence electrons. The van der Waals surface area contributed by atoms with E-state index in [1.165, 1.54) is 41.0 Å². The lowest BCUT2D eigenvalue weighted by atomic mass is 9.87. The van der Waals surface area contributed by atoms with Gasteiger partial charge in [0.1, 0.15) is 4.83 Å². The Morgan fingerprint density at radius 3 is 2.65 bits per heavy atom. The van der Waals surface area contributed by atoms with Crippen molar-refractivity contribution in [3.63, 3.8) is 0 Å². The number of fused-ring (bicyclic) bond motifs is 2. The zero-order valence-electron chi connectivity index (χ0n) is 13.1. The van der Waals surface area contributed by atoms with E-state index in [9.17, 15) is 4.79 Å². The van der Waals surface area contributed by atoms with Crippen molar-refractivity contribution in [2.75, 3.05) is 5.73 Å². The first-order valence-corrected chi connectivity index (χ1v) is 8.78. The number of pyridine rings is 1. The SMILES string of the molecule is CC(=O)c1sc2nc3c(c(-c4ccccc4)c2c1N)CCCC3. The van der Waals surface area contributed by atoms with Crippen molar-refractivity contribution < 1.29 is 4.79 Å². The lowest BCUT2D eigenvalue weighted by Crippen LogP contribution is -2.08. The van der Waals surface area contributed by atoms with Gasteiger partial charge in [0.2, 0.25) is 0 Å². The number of nitrogens with two attached hydrogens (primary N) is 1. The van der Waals surface area contributed by atoms with Crippen molar-refractivity contribution in [2.24, 2.45) is 0 Å². The van der Waals surface area contributed by atoms with E-state index in [2.05, 4.69) is 12.1 Å². The van der Waals surface area contributed by atoms with Crippen LogP contribution in [0.15, 0.2) is 30.3 Å². The molecule has 0 radical (unpaired) electrons. The Morgan fingerprint density at radius 2 is 1.91 bits per heavy atom. The first kappa shape index (κ1) is 14.4. The summed E-state index contributed by atoms with van der Waals surface area (Å²) in [5.74, 6) is 0.0162. The van der Waals surface area contributed by atoms with Crippen molar-refractivity contribution in [1.29, 1.82) is 0 Å². The fraction of sp³-hybridized carbons (Fsp3) is 0.263. The van der Waals surface area contributed by atoms with Crippen LogP contribution in [0.2, 0.25) is 0 Å². The van der Waals surface area contributed by atoms with Gasteiger partial charge in [-0.3, -0.25) is 4.79 Å². The molecule has 2 heterocycles. The van der Waals surface area contributed by atoms with E-state index in [-0.39, 0.29) is 5.78 Å². The van der Waals surface area contributed by atoms with E-state index in [0.29, 0.717) is 10.6 Å². The predicted octanol–water partition coefficient (Wildman–Crippen LogP) is 4.63. The van der Waals surface area contributed by atoms with Crippen LogP contribution in [0.4, 0.5) is 5.69 Å². The number of aryl methyl sites for hydroxylation is 1. The molecule has 23 heavy (non-hydrogen) atoms. The predicted molar refractivity (Wildman–Crippen MR) is 96.1 cm³/mol. The highest BCUT2D eigenvalue weighted by Gasteiger charge is 2.24. The maximum atomic E-state index is 11.9. The summed E-state index contributed by atoms with van der Waals surface area (Å²) in [5, 5.41) is 0.965. The highest BCUT2D eigenvalue weighted by atomic mass is 32.1. The number of carbonyl (C=O) groups excluding carboxylic acids is 1. The standard InChI is InChI=1S/C19H18N2OS/c1-11(22)18-17(20)16-15(12-7-3-2-4-8-12)13-9-5-6-10-14(13)21-19(16)23-18/h2-4,7-8H,5-6,9-10,20H2,1H3. The number of rotatable bonds is 2. The lowest BCUT2D eigenvalue weighted by molar-refractivity contribution is 0.102. The normalized spacial score (nSPS) is 14.0. The highest BCUT2D eigenvalue weighted by Crippen LogP contribution is 2.43. The van der Waals surface area contributed by atoms with Crippen molar-refractivity contribution in [3.8, 4) is 11.1 Å². The van der Waals surface area contributed by atoms with Crippen LogP contribution in [0.3, 0.4) is 0 Å². The van der Waals surface area contributed by atoms with Gasteiger partial charge < -0.3 is 5.73 Å². The fourth-order valence-corrected chi connectivity index (χ4v) is 4.51. The second kappa shape index (κ2) is 5.46. The summed E-state index contributed by atoms with van der Waals surface area (Å²) in [6, 6.07) is 10.4. The maximum Gasteiger partial charge on any atom is 0.171 e. The summed E-state index contributed by atoms with van der Waals surface area (Å²) in [5.41, 5.74) is 11.8. The molecule has 2 N–H and O–H groups in total. The van der Waals surface area contributed by atoms with Gasteiger partial charge in [-0.1, -0.05) is 30.3 Å².